The Morgan fingerprint density at radius 3 is 3.00 bits per heavy atom. The predicted octanol–water partition coefficient (Wildman–Crippen LogP) is 2.31. The number of benzene rings is 1. The number of aromatic amines is 1. The van der Waals surface area contributed by atoms with Gasteiger partial charge >= 0.3 is 0 Å². The Hall–Kier alpha value is -3.00. The maximum atomic E-state index is 14.1. The van der Waals surface area contributed by atoms with Crippen LogP contribution in [0.1, 0.15) is 34.8 Å². The summed E-state index contributed by atoms with van der Waals surface area (Å²) in [6.45, 7) is 5.41. The number of carbonyl (C=O) groups excluding carboxylic acids is 1. The zero-order chi connectivity index (χ0) is 20.6. The standard InChI is InChI=1S/C21H25FN6O/c1-3-14-9-24-18-17(14)19(27-12-26-18)28-7-6-21(23,11-28)10-25-20(29)15-5-4-13(2)8-16(15)22/h4-5,8-9,12H,3,6-7,10-11,23H2,1-2H3,(H,25,29)(H,24,26,27)/t21-/m0/s1. The zero-order valence-electron chi connectivity index (χ0n) is 16.6. The lowest BCUT2D eigenvalue weighted by atomic mass is 10.00. The van der Waals surface area contributed by atoms with Gasteiger partial charge in [-0.1, -0.05) is 13.0 Å². The largest absolute Gasteiger partial charge is 0.354 e. The van der Waals surface area contributed by atoms with Crippen LogP contribution in [0.4, 0.5) is 10.2 Å². The highest BCUT2D eigenvalue weighted by Crippen LogP contribution is 2.31. The number of aromatic nitrogens is 3. The number of nitrogens with zero attached hydrogens (tertiary/aromatic N) is 3. The first-order valence-corrected chi connectivity index (χ1v) is 9.79. The Morgan fingerprint density at radius 1 is 1.41 bits per heavy atom. The third-order valence-corrected chi connectivity index (χ3v) is 5.57. The Kier molecular flexibility index (Phi) is 4.96. The zero-order valence-corrected chi connectivity index (χ0v) is 16.6. The molecule has 0 unspecified atom stereocenters. The molecule has 8 heteroatoms. The first kappa shape index (κ1) is 19.3. The van der Waals surface area contributed by atoms with Crippen LogP contribution in [0, 0.1) is 12.7 Å². The molecule has 1 aliphatic rings. The molecule has 7 nitrogen and oxygen atoms in total. The summed E-state index contributed by atoms with van der Waals surface area (Å²) in [5.74, 6) is -0.116. The Morgan fingerprint density at radius 2 is 2.24 bits per heavy atom. The van der Waals surface area contributed by atoms with Crippen molar-refractivity contribution >= 4 is 22.8 Å². The maximum Gasteiger partial charge on any atom is 0.254 e. The molecule has 0 spiro atoms. The van der Waals surface area contributed by atoms with Gasteiger partial charge in [-0.15, -0.1) is 0 Å². The van der Waals surface area contributed by atoms with Crippen molar-refractivity contribution in [2.75, 3.05) is 24.5 Å². The second-order valence-electron chi connectivity index (χ2n) is 7.79. The van der Waals surface area contributed by atoms with E-state index in [-0.39, 0.29) is 12.1 Å². The van der Waals surface area contributed by atoms with E-state index in [9.17, 15) is 9.18 Å². The molecule has 2 aromatic heterocycles. The lowest BCUT2D eigenvalue weighted by Gasteiger charge is -2.25. The topological polar surface area (TPSA) is 99.9 Å². The molecule has 1 aliphatic heterocycles. The van der Waals surface area contributed by atoms with Crippen LogP contribution in [0.25, 0.3) is 11.0 Å². The van der Waals surface area contributed by atoms with E-state index in [0.717, 1.165) is 40.9 Å². The van der Waals surface area contributed by atoms with Crippen molar-refractivity contribution < 1.29 is 9.18 Å². The maximum absolute atomic E-state index is 14.1. The minimum atomic E-state index is -0.614. The van der Waals surface area contributed by atoms with Gasteiger partial charge in [-0.2, -0.15) is 0 Å². The van der Waals surface area contributed by atoms with Gasteiger partial charge in [0, 0.05) is 25.8 Å². The van der Waals surface area contributed by atoms with Crippen LogP contribution in [-0.2, 0) is 6.42 Å². The molecule has 0 aliphatic carbocycles. The van der Waals surface area contributed by atoms with Gasteiger partial charge in [0.25, 0.3) is 5.91 Å². The Labute approximate surface area is 168 Å². The molecule has 1 aromatic carbocycles. The Balaban J connectivity index is 1.48. The molecule has 0 saturated carbocycles. The van der Waals surface area contributed by atoms with Gasteiger partial charge < -0.3 is 20.9 Å². The number of carbonyl (C=O) groups is 1. The number of nitrogens with one attached hydrogen (secondary N) is 2. The first-order valence-electron chi connectivity index (χ1n) is 9.79. The summed E-state index contributed by atoms with van der Waals surface area (Å²) in [4.78, 5) is 26.5. The Bertz CT molecular complexity index is 1060. The lowest BCUT2D eigenvalue weighted by molar-refractivity contribution is 0.0941. The van der Waals surface area contributed by atoms with Crippen molar-refractivity contribution in [3.8, 4) is 0 Å². The molecule has 1 saturated heterocycles. The molecule has 3 heterocycles. The molecule has 1 atom stereocenters. The van der Waals surface area contributed by atoms with Gasteiger partial charge in [0.15, 0.2) is 0 Å². The van der Waals surface area contributed by atoms with Crippen LogP contribution in [0.2, 0.25) is 0 Å². The fraction of sp³-hybridized carbons (Fsp3) is 0.381. The summed E-state index contributed by atoms with van der Waals surface area (Å²) in [6.07, 6.45) is 5.08. The average Bonchev–Trinajstić information content (AvgIpc) is 3.30. The molecule has 1 amide bonds. The first-order chi connectivity index (χ1) is 13.9. The van der Waals surface area contributed by atoms with Crippen molar-refractivity contribution in [3.63, 3.8) is 0 Å². The van der Waals surface area contributed by atoms with E-state index >= 15 is 0 Å². The van der Waals surface area contributed by atoms with Crippen LogP contribution < -0.4 is 16.0 Å². The number of hydrogen-bond donors (Lipinski definition) is 3. The molecule has 1 fully saturated rings. The SMILES string of the molecule is CCc1c[nH]c2ncnc(N3CC[C@](N)(CNC(=O)c4ccc(C)cc4F)C3)c12. The number of amides is 1. The van der Waals surface area contributed by atoms with E-state index in [1.165, 1.54) is 12.1 Å². The van der Waals surface area contributed by atoms with Crippen LogP contribution in [0.5, 0.6) is 0 Å². The van der Waals surface area contributed by atoms with Crippen molar-refractivity contribution in [2.45, 2.75) is 32.2 Å². The highest BCUT2D eigenvalue weighted by molar-refractivity contribution is 5.94. The lowest BCUT2D eigenvalue weighted by Crippen LogP contribution is -2.52. The number of aryl methyl sites for hydroxylation is 2. The molecule has 152 valence electrons. The van der Waals surface area contributed by atoms with E-state index in [0.29, 0.717) is 13.0 Å². The van der Waals surface area contributed by atoms with Gasteiger partial charge in [0.2, 0.25) is 0 Å². The molecule has 0 radical (unpaired) electrons. The second-order valence-corrected chi connectivity index (χ2v) is 7.79. The number of H-pyrrole nitrogens is 1. The molecule has 0 bridgehead atoms. The summed E-state index contributed by atoms with van der Waals surface area (Å²) in [5, 5.41) is 3.82. The summed E-state index contributed by atoms with van der Waals surface area (Å²) < 4.78 is 14.1. The molecule has 3 aromatic rings. The number of anilines is 1. The monoisotopic (exact) mass is 396 g/mol. The van der Waals surface area contributed by atoms with E-state index in [1.54, 1.807) is 19.3 Å². The van der Waals surface area contributed by atoms with Gasteiger partial charge in [-0.05, 0) is 43.0 Å². The van der Waals surface area contributed by atoms with Crippen LogP contribution >= 0.6 is 0 Å². The number of hydrogen-bond acceptors (Lipinski definition) is 5. The highest BCUT2D eigenvalue weighted by atomic mass is 19.1. The number of fused-ring (bicyclic) bond motifs is 1. The van der Waals surface area contributed by atoms with Crippen molar-refractivity contribution in [2.24, 2.45) is 5.73 Å². The fourth-order valence-corrected chi connectivity index (χ4v) is 3.90. The quantitative estimate of drug-likeness (QED) is 0.615. The summed E-state index contributed by atoms with van der Waals surface area (Å²) in [7, 11) is 0. The van der Waals surface area contributed by atoms with E-state index in [2.05, 4.69) is 32.1 Å². The number of halogens is 1. The van der Waals surface area contributed by atoms with E-state index in [4.69, 9.17) is 5.73 Å². The number of nitrogens with two attached hydrogens (primary N) is 1. The predicted molar refractivity (Wildman–Crippen MR) is 110 cm³/mol. The van der Waals surface area contributed by atoms with Gasteiger partial charge in [-0.25, -0.2) is 14.4 Å². The van der Waals surface area contributed by atoms with Crippen molar-refractivity contribution in [1.82, 2.24) is 20.3 Å². The van der Waals surface area contributed by atoms with Crippen LogP contribution in [0.15, 0.2) is 30.7 Å². The fourth-order valence-electron chi connectivity index (χ4n) is 3.90. The third kappa shape index (κ3) is 3.67. The molecular weight excluding hydrogens is 371 g/mol. The molecule has 4 N–H and O–H groups in total. The summed E-state index contributed by atoms with van der Waals surface area (Å²) in [5.41, 5.74) is 8.73. The van der Waals surface area contributed by atoms with Gasteiger partial charge in [-0.3, -0.25) is 4.79 Å². The van der Waals surface area contributed by atoms with E-state index in [1.807, 2.05) is 6.20 Å². The van der Waals surface area contributed by atoms with Crippen LogP contribution in [-0.4, -0.2) is 46.0 Å². The number of rotatable bonds is 5. The molecule has 4 rings (SSSR count). The second kappa shape index (κ2) is 7.44. The molecular formula is C21H25FN6O. The van der Waals surface area contributed by atoms with Gasteiger partial charge in [0.05, 0.1) is 16.5 Å². The molecule has 29 heavy (non-hydrogen) atoms. The summed E-state index contributed by atoms with van der Waals surface area (Å²) in [6, 6.07) is 4.57. The normalized spacial score (nSPS) is 19.1. The highest BCUT2D eigenvalue weighted by Gasteiger charge is 2.36. The van der Waals surface area contributed by atoms with Gasteiger partial charge in [0.1, 0.15) is 23.6 Å². The minimum absolute atomic E-state index is 0.0338. The third-order valence-electron chi connectivity index (χ3n) is 5.57. The average molecular weight is 396 g/mol. The summed E-state index contributed by atoms with van der Waals surface area (Å²) >= 11 is 0. The smallest absolute Gasteiger partial charge is 0.254 e. The van der Waals surface area contributed by atoms with E-state index < -0.39 is 17.3 Å². The van der Waals surface area contributed by atoms with Crippen molar-refractivity contribution in [1.29, 1.82) is 0 Å². The van der Waals surface area contributed by atoms with Crippen molar-refractivity contribution in [3.05, 3.63) is 53.2 Å². The minimum Gasteiger partial charge on any atom is -0.354 e. The van der Waals surface area contributed by atoms with Crippen LogP contribution in [0.3, 0.4) is 0 Å².